The van der Waals surface area contributed by atoms with Crippen LogP contribution in [-0.2, 0) is 4.79 Å². The van der Waals surface area contributed by atoms with Crippen LogP contribution >= 0.6 is 11.6 Å². The summed E-state index contributed by atoms with van der Waals surface area (Å²) in [6.45, 7) is 4.94. The van der Waals surface area contributed by atoms with Gasteiger partial charge in [0.2, 0.25) is 5.91 Å². The second-order valence-corrected chi connectivity index (χ2v) is 7.29. The number of hydrogen-bond acceptors (Lipinski definition) is 1. The van der Waals surface area contributed by atoms with E-state index in [1.54, 1.807) is 0 Å². The number of carbonyl (C=O) groups excluding carboxylic acids is 1. The van der Waals surface area contributed by atoms with Crippen molar-refractivity contribution >= 4 is 17.5 Å². The molecule has 0 aromatic heterocycles. The number of alkyl halides is 1. The van der Waals surface area contributed by atoms with E-state index in [0.717, 1.165) is 24.7 Å². The minimum Gasteiger partial charge on any atom is -0.355 e. The standard InChI is InChI=1S/C15H26ClNO/c1-10(2)5-14(16)9-17-15(18)8-13-7-11-3-4-12(13)6-11/h10-14H,3-9H2,1-2H3,(H,17,18). The van der Waals surface area contributed by atoms with Gasteiger partial charge in [-0.05, 0) is 49.4 Å². The van der Waals surface area contributed by atoms with Gasteiger partial charge in [0.25, 0.3) is 0 Å². The largest absolute Gasteiger partial charge is 0.355 e. The Morgan fingerprint density at radius 3 is 2.67 bits per heavy atom. The van der Waals surface area contributed by atoms with Crippen molar-refractivity contribution in [3.63, 3.8) is 0 Å². The van der Waals surface area contributed by atoms with E-state index in [2.05, 4.69) is 19.2 Å². The molecule has 4 unspecified atom stereocenters. The molecular formula is C15H26ClNO. The van der Waals surface area contributed by atoms with E-state index in [-0.39, 0.29) is 11.3 Å². The highest BCUT2D eigenvalue weighted by atomic mass is 35.5. The lowest BCUT2D eigenvalue weighted by atomic mass is 9.86. The first-order valence-corrected chi connectivity index (χ1v) is 7.89. The number of fused-ring (bicyclic) bond motifs is 2. The quantitative estimate of drug-likeness (QED) is 0.735. The van der Waals surface area contributed by atoms with Gasteiger partial charge in [0.15, 0.2) is 0 Å². The second-order valence-electron chi connectivity index (χ2n) is 6.67. The summed E-state index contributed by atoms with van der Waals surface area (Å²) >= 11 is 6.18. The molecule has 0 aromatic carbocycles. The normalized spacial score (nSPS) is 31.9. The molecule has 2 bridgehead atoms. The first kappa shape index (κ1) is 14.2. The van der Waals surface area contributed by atoms with E-state index in [0.29, 0.717) is 18.4 Å². The van der Waals surface area contributed by atoms with Gasteiger partial charge in [-0.15, -0.1) is 11.6 Å². The van der Waals surface area contributed by atoms with Crippen LogP contribution in [0.15, 0.2) is 0 Å². The van der Waals surface area contributed by atoms with E-state index in [1.165, 1.54) is 25.7 Å². The lowest BCUT2D eigenvalue weighted by Crippen LogP contribution is -2.32. The third kappa shape index (κ3) is 3.88. The first-order chi connectivity index (χ1) is 8.54. The highest BCUT2D eigenvalue weighted by molar-refractivity contribution is 6.20. The summed E-state index contributed by atoms with van der Waals surface area (Å²) in [5.74, 6) is 3.22. The van der Waals surface area contributed by atoms with Gasteiger partial charge in [0.1, 0.15) is 0 Å². The minimum absolute atomic E-state index is 0.0778. The first-order valence-electron chi connectivity index (χ1n) is 7.45. The van der Waals surface area contributed by atoms with Gasteiger partial charge in [-0.2, -0.15) is 0 Å². The number of nitrogens with one attached hydrogen (secondary N) is 1. The Hall–Kier alpha value is -0.240. The van der Waals surface area contributed by atoms with E-state index in [1.807, 2.05) is 0 Å². The van der Waals surface area contributed by atoms with Gasteiger partial charge in [0, 0.05) is 13.0 Å². The number of hydrogen-bond donors (Lipinski definition) is 1. The fourth-order valence-corrected chi connectivity index (χ4v) is 4.19. The molecule has 0 spiro atoms. The summed E-state index contributed by atoms with van der Waals surface area (Å²) in [5.41, 5.74) is 0. The van der Waals surface area contributed by atoms with Crippen LogP contribution in [0.3, 0.4) is 0 Å². The smallest absolute Gasteiger partial charge is 0.220 e. The maximum absolute atomic E-state index is 11.9. The average molecular weight is 272 g/mol. The number of halogens is 1. The molecule has 4 atom stereocenters. The van der Waals surface area contributed by atoms with Crippen molar-refractivity contribution in [3.8, 4) is 0 Å². The zero-order chi connectivity index (χ0) is 13.1. The molecule has 2 aliphatic carbocycles. The summed E-state index contributed by atoms with van der Waals surface area (Å²) in [4.78, 5) is 11.9. The third-order valence-corrected chi connectivity index (χ3v) is 4.91. The van der Waals surface area contributed by atoms with Gasteiger partial charge >= 0.3 is 0 Å². The number of rotatable bonds is 6. The summed E-state index contributed by atoms with van der Waals surface area (Å²) < 4.78 is 0. The maximum Gasteiger partial charge on any atom is 0.220 e. The molecule has 18 heavy (non-hydrogen) atoms. The van der Waals surface area contributed by atoms with Crippen LogP contribution in [0.25, 0.3) is 0 Å². The molecular weight excluding hydrogens is 246 g/mol. The monoisotopic (exact) mass is 271 g/mol. The Kier molecular flexibility index (Phi) is 4.94. The van der Waals surface area contributed by atoms with Crippen LogP contribution in [0.5, 0.6) is 0 Å². The fourth-order valence-electron chi connectivity index (χ4n) is 3.76. The van der Waals surface area contributed by atoms with Crippen molar-refractivity contribution in [1.29, 1.82) is 0 Å². The molecule has 0 aliphatic heterocycles. The molecule has 2 fully saturated rings. The van der Waals surface area contributed by atoms with E-state index in [4.69, 9.17) is 11.6 Å². The molecule has 3 heteroatoms. The van der Waals surface area contributed by atoms with Crippen molar-refractivity contribution in [3.05, 3.63) is 0 Å². The molecule has 2 aliphatic rings. The predicted octanol–water partition coefficient (Wildman–Crippen LogP) is 3.58. The van der Waals surface area contributed by atoms with Crippen LogP contribution in [-0.4, -0.2) is 17.8 Å². The minimum atomic E-state index is 0.0778. The molecule has 0 radical (unpaired) electrons. The summed E-state index contributed by atoms with van der Waals surface area (Å²) in [5, 5.41) is 3.08. The van der Waals surface area contributed by atoms with Gasteiger partial charge in [0.05, 0.1) is 5.38 Å². The molecule has 1 amide bonds. The lowest BCUT2D eigenvalue weighted by molar-refractivity contribution is -0.122. The Balaban J connectivity index is 1.63. The number of amides is 1. The maximum atomic E-state index is 11.9. The fraction of sp³-hybridized carbons (Fsp3) is 0.933. The van der Waals surface area contributed by atoms with Crippen molar-refractivity contribution < 1.29 is 4.79 Å². The van der Waals surface area contributed by atoms with Crippen LogP contribution < -0.4 is 5.32 Å². The van der Waals surface area contributed by atoms with Gasteiger partial charge in [-0.3, -0.25) is 4.79 Å². The van der Waals surface area contributed by atoms with Crippen LogP contribution in [0.2, 0.25) is 0 Å². The van der Waals surface area contributed by atoms with Gasteiger partial charge < -0.3 is 5.32 Å². The van der Waals surface area contributed by atoms with Gasteiger partial charge in [-0.25, -0.2) is 0 Å². The van der Waals surface area contributed by atoms with Crippen molar-refractivity contribution in [1.82, 2.24) is 5.32 Å². The zero-order valence-corrected chi connectivity index (χ0v) is 12.4. The summed E-state index contributed by atoms with van der Waals surface area (Å²) in [6, 6.07) is 0. The topological polar surface area (TPSA) is 29.1 Å². The van der Waals surface area contributed by atoms with Crippen LogP contribution in [0.1, 0.15) is 52.4 Å². The summed E-state index contributed by atoms with van der Waals surface area (Å²) in [7, 11) is 0. The van der Waals surface area contributed by atoms with Crippen molar-refractivity contribution in [2.45, 2.75) is 57.7 Å². The molecule has 2 rings (SSSR count). The van der Waals surface area contributed by atoms with E-state index < -0.39 is 0 Å². The Bertz CT molecular complexity index is 292. The third-order valence-electron chi connectivity index (χ3n) is 4.58. The zero-order valence-electron chi connectivity index (χ0n) is 11.6. The highest BCUT2D eigenvalue weighted by Crippen LogP contribution is 2.49. The molecule has 2 nitrogen and oxygen atoms in total. The second kappa shape index (κ2) is 6.27. The molecule has 104 valence electrons. The SMILES string of the molecule is CC(C)CC(Cl)CNC(=O)CC1CC2CCC1C2. The lowest BCUT2D eigenvalue weighted by Gasteiger charge is -2.21. The molecule has 0 saturated heterocycles. The Morgan fingerprint density at radius 1 is 1.33 bits per heavy atom. The van der Waals surface area contributed by atoms with Crippen molar-refractivity contribution in [2.24, 2.45) is 23.7 Å². The van der Waals surface area contributed by atoms with Crippen LogP contribution in [0, 0.1) is 23.7 Å². The van der Waals surface area contributed by atoms with Gasteiger partial charge in [-0.1, -0.05) is 20.3 Å². The Morgan fingerprint density at radius 2 is 2.11 bits per heavy atom. The average Bonchev–Trinajstić information content (AvgIpc) is 2.87. The van der Waals surface area contributed by atoms with E-state index >= 15 is 0 Å². The summed E-state index contributed by atoms with van der Waals surface area (Å²) in [6.07, 6.45) is 7.12. The van der Waals surface area contributed by atoms with Crippen molar-refractivity contribution in [2.75, 3.05) is 6.54 Å². The molecule has 2 saturated carbocycles. The molecule has 0 heterocycles. The highest BCUT2D eigenvalue weighted by Gasteiger charge is 2.40. The van der Waals surface area contributed by atoms with Crippen LogP contribution in [0.4, 0.5) is 0 Å². The predicted molar refractivity (Wildman–Crippen MR) is 75.7 cm³/mol. The number of carbonyl (C=O) groups is 1. The molecule has 1 N–H and O–H groups in total. The van der Waals surface area contributed by atoms with E-state index in [9.17, 15) is 4.79 Å². The Labute approximate surface area is 116 Å². The molecule has 0 aromatic rings.